The van der Waals surface area contributed by atoms with E-state index in [-0.39, 0.29) is 17.9 Å². The molecular formula is C28H26FN3O3S. The number of hydrogen-bond donors (Lipinski definition) is 2. The molecular weight excluding hydrogens is 477 g/mol. The van der Waals surface area contributed by atoms with E-state index in [9.17, 15) is 14.0 Å². The first-order valence-corrected chi connectivity index (χ1v) is 11.8. The summed E-state index contributed by atoms with van der Waals surface area (Å²) in [6.07, 6.45) is 0. The minimum Gasteiger partial charge on any atom is -0.465 e. The minimum atomic E-state index is -0.498. The van der Waals surface area contributed by atoms with E-state index in [1.165, 1.54) is 19.2 Å². The predicted molar refractivity (Wildman–Crippen MR) is 144 cm³/mol. The number of pyridine rings is 1. The third-order valence-electron chi connectivity index (χ3n) is 5.88. The van der Waals surface area contributed by atoms with Gasteiger partial charge in [-0.15, -0.1) is 0 Å². The molecule has 0 saturated carbocycles. The van der Waals surface area contributed by atoms with Crippen LogP contribution in [0.4, 0.5) is 10.1 Å². The summed E-state index contributed by atoms with van der Waals surface area (Å²) in [6, 6.07) is 18.9. The molecule has 0 saturated heterocycles. The number of para-hydroxylation sites is 1. The van der Waals surface area contributed by atoms with E-state index >= 15 is 0 Å². The highest BCUT2D eigenvalue weighted by atomic mass is 32.1. The Kier molecular flexibility index (Phi) is 7.45. The Morgan fingerprint density at radius 2 is 1.78 bits per heavy atom. The van der Waals surface area contributed by atoms with Gasteiger partial charge in [-0.05, 0) is 79.0 Å². The molecule has 0 atom stereocenters. The summed E-state index contributed by atoms with van der Waals surface area (Å²) in [5.74, 6) is -0.836. The Bertz CT molecular complexity index is 1500. The van der Waals surface area contributed by atoms with Crippen molar-refractivity contribution < 1.29 is 13.9 Å². The topological polar surface area (TPSA) is 74.4 Å². The number of carbonyl (C=O) groups is 1. The first kappa shape index (κ1) is 25.1. The number of carbonyl (C=O) groups excluding carboxylic acids is 1. The van der Waals surface area contributed by atoms with E-state index in [0.29, 0.717) is 28.5 Å². The van der Waals surface area contributed by atoms with Gasteiger partial charge in [0.25, 0.3) is 5.56 Å². The third-order valence-corrected chi connectivity index (χ3v) is 6.24. The molecule has 4 rings (SSSR count). The van der Waals surface area contributed by atoms with Crippen molar-refractivity contribution in [1.29, 1.82) is 0 Å². The van der Waals surface area contributed by atoms with Gasteiger partial charge >= 0.3 is 5.97 Å². The standard InChI is InChI=1S/C28H26FN3O3S/c1-17-12-18(2)25-20(13-17)14-21(26(33)31-25)16-32(15-19-8-10-22(29)11-9-19)28(36)30-24-7-5-4-6-23(24)27(34)35-3/h4-14H,15-16H2,1-3H3,(H,30,36)(H,31,33). The second kappa shape index (κ2) is 10.7. The predicted octanol–water partition coefficient (Wildman–Crippen LogP) is 5.47. The first-order valence-electron chi connectivity index (χ1n) is 11.4. The van der Waals surface area contributed by atoms with Crippen molar-refractivity contribution in [3.63, 3.8) is 0 Å². The van der Waals surface area contributed by atoms with Crippen LogP contribution in [0.2, 0.25) is 0 Å². The number of ether oxygens (including phenoxy) is 1. The summed E-state index contributed by atoms with van der Waals surface area (Å²) < 4.78 is 18.4. The van der Waals surface area contributed by atoms with Crippen molar-refractivity contribution in [2.75, 3.05) is 12.4 Å². The number of aromatic amines is 1. The molecule has 6 nitrogen and oxygen atoms in total. The zero-order chi connectivity index (χ0) is 25.8. The van der Waals surface area contributed by atoms with Crippen LogP contribution in [0.25, 0.3) is 10.9 Å². The quantitative estimate of drug-likeness (QED) is 0.269. The molecule has 0 bridgehead atoms. The van der Waals surface area contributed by atoms with Gasteiger partial charge < -0.3 is 19.9 Å². The summed E-state index contributed by atoms with van der Waals surface area (Å²) >= 11 is 5.72. The average Bonchev–Trinajstić information content (AvgIpc) is 2.85. The SMILES string of the molecule is COC(=O)c1ccccc1NC(=S)N(Cc1ccc(F)cc1)Cc1cc2cc(C)cc(C)c2[nH]c1=O. The fraction of sp³-hybridized carbons (Fsp3) is 0.179. The Morgan fingerprint density at radius 1 is 1.06 bits per heavy atom. The van der Waals surface area contributed by atoms with Crippen LogP contribution in [0.1, 0.15) is 32.6 Å². The molecule has 0 aliphatic heterocycles. The van der Waals surface area contributed by atoms with Crippen molar-refractivity contribution >= 4 is 39.9 Å². The van der Waals surface area contributed by atoms with E-state index < -0.39 is 5.97 Å². The molecule has 0 fully saturated rings. The lowest BCUT2D eigenvalue weighted by Gasteiger charge is -2.26. The second-order valence-corrected chi connectivity index (χ2v) is 9.01. The lowest BCUT2D eigenvalue weighted by molar-refractivity contribution is 0.0602. The summed E-state index contributed by atoms with van der Waals surface area (Å²) in [6.45, 7) is 4.48. The molecule has 36 heavy (non-hydrogen) atoms. The second-order valence-electron chi connectivity index (χ2n) is 8.62. The highest BCUT2D eigenvalue weighted by Crippen LogP contribution is 2.21. The van der Waals surface area contributed by atoms with Gasteiger partial charge in [-0.2, -0.15) is 0 Å². The van der Waals surface area contributed by atoms with Crippen LogP contribution in [0.5, 0.6) is 0 Å². The molecule has 0 unspecified atom stereocenters. The number of thiocarbonyl (C=S) groups is 1. The lowest BCUT2D eigenvalue weighted by Crippen LogP contribution is -2.36. The largest absolute Gasteiger partial charge is 0.465 e. The van der Waals surface area contributed by atoms with Crippen molar-refractivity contribution in [3.8, 4) is 0 Å². The number of nitrogens with zero attached hydrogens (tertiary/aromatic N) is 1. The highest BCUT2D eigenvalue weighted by molar-refractivity contribution is 7.80. The van der Waals surface area contributed by atoms with E-state index in [0.717, 1.165) is 27.6 Å². The number of aromatic nitrogens is 1. The number of methoxy groups -OCH3 is 1. The van der Waals surface area contributed by atoms with E-state index in [2.05, 4.69) is 10.3 Å². The summed E-state index contributed by atoms with van der Waals surface area (Å²) in [7, 11) is 1.31. The van der Waals surface area contributed by atoms with Gasteiger partial charge in [0.05, 0.1) is 30.4 Å². The van der Waals surface area contributed by atoms with E-state index in [1.807, 2.05) is 32.0 Å². The molecule has 0 amide bonds. The van der Waals surface area contributed by atoms with E-state index in [1.54, 1.807) is 41.3 Å². The molecule has 0 spiro atoms. The maximum atomic E-state index is 13.5. The van der Waals surface area contributed by atoms with Gasteiger partial charge in [0.1, 0.15) is 5.82 Å². The van der Waals surface area contributed by atoms with Gasteiger partial charge in [0.2, 0.25) is 0 Å². The van der Waals surface area contributed by atoms with Crippen LogP contribution in [0.3, 0.4) is 0 Å². The van der Waals surface area contributed by atoms with Crippen LogP contribution < -0.4 is 10.9 Å². The van der Waals surface area contributed by atoms with Gasteiger partial charge in [-0.1, -0.05) is 35.9 Å². The number of rotatable bonds is 6. The fourth-order valence-electron chi connectivity index (χ4n) is 4.14. The van der Waals surface area contributed by atoms with Gasteiger partial charge in [0.15, 0.2) is 5.11 Å². The minimum absolute atomic E-state index is 0.196. The Labute approximate surface area is 213 Å². The Morgan fingerprint density at radius 3 is 2.50 bits per heavy atom. The van der Waals surface area contributed by atoms with Gasteiger partial charge in [0, 0.05) is 12.1 Å². The third kappa shape index (κ3) is 5.60. The number of esters is 1. The molecule has 8 heteroatoms. The summed E-state index contributed by atoms with van der Waals surface area (Å²) in [5, 5.41) is 4.35. The Balaban J connectivity index is 1.70. The molecule has 3 aromatic carbocycles. The maximum absolute atomic E-state index is 13.5. The zero-order valence-corrected chi connectivity index (χ0v) is 21.0. The van der Waals surface area contributed by atoms with Crippen LogP contribution in [0.15, 0.2) is 71.5 Å². The molecule has 0 aliphatic rings. The van der Waals surface area contributed by atoms with Crippen molar-refractivity contribution in [2.45, 2.75) is 26.9 Å². The lowest BCUT2D eigenvalue weighted by atomic mass is 10.0. The van der Waals surface area contributed by atoms with E-state index in [4.69, 9.17) is 17.0 Å². The first-order chi connectivity index (χ1) is 17.2. The van der Waals surface area contributed by atoms with Crippen molar-refractivity contribution in [2.24, 2.45) is 0 Å². The molecule has 0 aliphatic carbocycles. The molecule has 0 radical (unpaired) electrons. The number of nitrogens with one attached hydrogen (secondary N) is 2. The number of anilines is 1. The summed E-state index contributed by atoms with van der Waals surface area (Å²) in [4.78, 5) is 30.0. The van der Waals surface area contributed by atoms with Crippen LogP contribution in [0, 0.1) is 19.7 Å². The van der Waals surface area contributed by atoms with Gasteiger partial charge in [-0.25, -0.2) is 9.18 Å². The molecule has 184 valence electrons. The molecule has 4 aromatic rings. The number of benzene rings is 3. The fourth-order valence-corrected chi connectivity index (χ4v) is 4.38. The average molecular weight is 504 g/mol. The highest BCUT2D eigenvalue weighted by Gasteiger charge is 2.18. The number of H-pyrrole nitrogens is 1. The van der Waals surface area contributed by atoms with Crippen LogP contribution >= 0.6 is 12.2 Å². The maximum Gasteiger partial charge on any atom is 0.339 e. The summed E-state index contributed by atoms with van der Waals surface area (Å²) in [5.41, 5.74) is 4.83. The smallest absolute Gasteiger partial charge is 0.339 e. The van der Waals surface area contributed by atoms with Crippen molar-refractivity contribution in [3.05, 3.63) is 111 Å². The molecule has 2 N–H and O–H groups in total. The van der Waals surface area contributed by atoms with Crippen molar-refractivity contribution in [1.82, 2.24) is 9.88 Å². The normalized spacial score (nSPS) is 10.8. The number of aryl methyl sites for hydroxylation is 2. The molecule has 1 heterocycles. The van der Waals surface area contributed by atoms with Gasteiger partial charge in [-0.3, -0.25) is 4.79 Å². The Hall–Kier alpha value is -4.04. The number of halogens is 1. The zero-order valence-electron chi connectivity index (χ0n) is 20.2. The van der Waals surface area contributed by atoms with Crippen LogP contribution in [-0.4, -0.2) is 28.1 Å². The monoisotopic (exact) mass is 503 g/mol. The number of fused-ring (bicyclic) bond motifs is 1. The molecule has 1 aromatic heterocycles. The van der Waals surface area contributed by atoms with Crippen LogP contribution in [-0.2, 0) is 17.8 Å². The number of hydrogen-bond acceptors (Lipinski definition) is 4.